The van der Waals surface area contributed by atoms with Gasteiger partial charge in [-0.25, -0.2) is 4.79 Å². The summed E-state index contributed by atoms with van der Waals surface area (Å²) in [7, 11) is 0. The topological polar surface area (TPSA) is 103 Å². The van der Waals surface area contributed by atoms with Gasteiger partial charge in [0.25, 0.3) is 0 Å². The lowest BCUT2D eigenvalue weighted by atomic mass is 9.69. The number of hydrogen-bond donors (Lipinski definition) is 2. The molecule has 2 amide bonds. The molecular formula is C40H44ClN3O5. The van der Waals surface area contributed by atoms with E-state index in [4.69, 9.17) is 19.9 Å². The summed E-state index contributed by atoms with van der Waals surface area (Å²) in [6, 6.07) is 32.3. The number of carbonyl (C=O) groups excluding carboxylic acids is 2. The smallest absolute Gasteiger partial charge is 0.409 e. The molecule has 49 heavy (non-hydrogen) atoms. The summed E-state index contributed by atoms with van der Waals surface area (Å²) in [6.45, 7) is 4.48. The number of fused-ring (bicyclic) bond motifs is 5. The van der Waals surface area contributed by atoms with Crippen LogP contribution >= 0.6 is 12.4 Å². The number of nitrogens with one attached hydrogen (secondary N) is 1. The summed E-state index contributed by atoms with van der Waals surface area (Å²) >= 11 is 0. The monoisotopic (exact) mass is 681 g/mol. The van der Waals surface area contributed by atoms with Gasteiger partial charge in [-0.1, -0.05) is 84.9 Å². The van der Waals surface area contributed by atoms with Gasteiger partial charge in [0.1, 0.15) is 18.1 Å². The Labute approximate surface area is 294 Å². The highest BCUT2D eigenvalue weighted by Gasteiger charge is 2.43. The van der Waals surface area contributed by atoms with E-state index in [1.807, 2.05) is 67.6 Å². The molecule has 4 aromatic rings. The lowest BCUT2D eigenvalue weighted by molar-refractivity contribution is -0.126. The van der Waals surface area contributed by atoms with E-state index in [1.54, 1.807) is 4.90 Å². The lowest BCUT2D eigenvalue weighted by Crippen LogP contribution is -2.54. The first kappa shape index (κ1) is 34.5. The van der Waals surface area contributed by atoms with Crippen LogP contribution < -0.4 is 15.8 Å². The van der Waals surface area contributed by atoms with Gasteiger partial charge in [0, 0.05) is 61.3 Å². The van der Waals surface area contributed by atoms with Gasteiger partial charge in [0.05, 0.1) is 5.92 Å². The van der Waals surface area contributed by atoms with E-state index >= 15 is 0 Å². The quantitative estimate of drug-likeness (QED) is 0.174. The van der Waals surface area contributed by atoms with E-state index < -0.39 is 17.4 Å². The van der Waals surface area contributed by atoms with Crippen LogP contribution in [-0.4, -0.2) is 62.4 Å². The number of nitrogens with two attached hydrogens (primary N) is 1. The second kappa shape index (κ2) is 15.0. The fourth-order valence-electron chi connectivity index (χ4n) is 7.88. The lowest BCUT2D eigenvalue weighted by Gasteiger charge is -2.41. The largest absolute Gasteiger partial charge is 0.457 e. The first-order valence-electron chi connectivity index (χ1n) is 17.1. The van der Waals surface area contributed by atoms with Crippen LogP contribution in [0.1, 0.15) is 54.4 Å². The number of hydrogen-bond acceptors (Lipinski definition) is 6. The summed E-state index contributed by atoms with van der Waals surface area (Å²) in [6.07, 6.45) is 1.63. The number of likely N-dealkylation sites (tertiary alicyclic amines) is 1. The number of ether oxygens (including phenoxy) is 3. The first-order valence-corrected chi connectivity index (χ1v) is 17.1. The molecule has 7 rings (SSSR count). The third-order valence-electron chi connectivity index (χ3n) is 10.1. The van der Waals surface area contributed by atoms with E-state index in [-0.39, 0.29) is 43.4 Å². The maximum Gasteiger partial charge on any atom is 0.409 e. The zero-order valence-corrected chi connectivity index (χ0v) is 28.6. The number of benzene rings is 4. The van der Waals surface area contributed by atoms with Gasteiger partial charge in [0.2, 0.25) is 5.91 Å². The van der Waals surface area contributed by atoms with Crippen molar-refractivity contribution >= 4 is 24.4 Å². The number of para-hydroxylation sites is 2. The second-order valence-corrected chi connectivity index (χ2v) is 13.1. The normalized spacial score (nSPS) is 18.5. The number of halogens is 1. The predicted molar refractivity (Wildman–Crippen MR) is 192 cm³/mol. The number of piperidine rings is 1. The first-order chi connectivity index (χ1) is 23.5. The molecule has 2 heterocycles. The standard InChI is InChI=1S/C40H43N3O5.ClH/c1-2-46-21-11-20-40(34-16-7-9-18-36(34)48-37-19-10-8-17-35(37)40)26-42-38(44)27-22-28(41)24-43(23-27)39(45)47-25-33-31-14-5-3-12-29(31)30-13-4-6-15-32(30)33;/h3-10,12-19,27-28,33H,2,11,20-26,41H2,1H3,(H,42,44);1H/t27-,28+;/m0./s1. The van der Waals surface area contributed by atoms with Crippen molar-refractivity contribution < 1.29 is 23.8 Å². The fraction of sp³-hybridized carbons (Fsp3) is 0.350. The van der Waals surface area contributed by atoms with Crippen LogP contribution in [-0.2, 0) is 19.7 Å². The van der Waals surface area contributed by atoms with Crippen LogP contribution in [0, 0.1) is 5.92 Å². The van der Waals surface area contributed by atoms with E-state index in [0.29, 0.717) is 32.7 Å². The summed E-state index contributed by atoms with van der Waals surface area (Å²) in [5, 5.41) is 3.29. The molecule has 2 atom stereocenters. The molecule has 9 heteroatoms. The Balaban J connectivity index is 0.00000417. The minimum absolute atomic E-state index is 0. The van der Waals surface area contributed by atoms with Gasteiger partial charge in [-0.2, -0.15) is 0 Å². The van der Waals surface area contributed by atoms with Crippen molar-refractivity contribution in [3.8, 4) is 22.6 Å². The zero-order valence-electron chi connectivity index (χ0n) is 27.8. The summed E-state index contributed by atoms with van der Waals surface area (Å²) in [5.41, 5.74) is 12.7. The second-order valence-electron chi connectivity index (χ2n) is 13.1. The molecule has 0 unspecified atom stereocenters. The van der Waals surface area contributed by atoms with E-state index in [9.17, 15) is 9.59 Å². The van der Waals surface area contributed by atoms with Gasteiger partial charge in [0.15, 0.2) is 0 Å². The average Bonchev–Trinajstić information content (AvgIpc) is 3.44. The van der Waals surface area contributed by atoms with Crippen LogP contribution in [0.3, 0.4) is 0 Å². The van der Waals surface area contributed by atoms with Crippen LogP contribution in [0.15, 0.2) is 97.1 Å². The Kier molecular flexibility index (Phi) is 10.6. The minimum atomic E-state index is -0.512. The van der Waals surface area contributed by atoms with Crippen molar-refractivity contribution in [3.63, 3.8) is 0 Å². The van der Waals surface area contributed by atoms with Crippen molar-refractivity contribution in [1.29, 1.82) is 0 Å². The molecule has 2 aliphatic heterocycles. The molecule has 0 spiro atoms. The molecule has 256 valence electrons. The Morgan fingerprint density at radius 1 is 0.878 bits per heavy atom. The van der Waals surface area contributed by atoms with Gasteiger partial charge >= 0.3 is 6.09 Å². The molecule has 4 aromatic carbocycles. The number of nitrogens with zero attached hydrogens (tertiary/aromatic N) is 1. The van der Waals surface area contributed by atoms with Crippen molar-refractivity contribution in [3.05, 3.63) is 119 Å². The van der Waals surface area contributed by atoms with Gasteiger partial charge in [-0.05, 0) is 60.6 Å². The average molecular weight is 682 g/mol. The third-order valence-corrected chi connectivity index (χ3v) is 10.1. The summed E-state index contributed by atoms with van der Waals surface area (Å²) < 4.78 is 18.0. The molecule has 0 saturated carbocycles. The SMILES string of the molecule is CCOCCCC1(CNC(=O)[C@H]2C[C@@H](N)CN(C(=O)OCC3c4ccccc4-c4ccccc43)C2)c2ccccc2Oc2ccccc21.Cl. The van der Waals surface area contributed by atoms with Crippen LogP contribution in [0.2, 0.25) is 0 Å². The molecule has 1 saturated heterocycles. The molecule has 1 fully saturated rings. The summed E-state index contributed by atoms with van der Waals surface area (Å²) in [4.78, 5) is 29.0. The molecule has 1 aliphatic carbocycles. The van der Waals surface area contributed by atoms with Crippen molar-refractivity contribution in [2.45, 2.75) is 43.6 Å². The molecule has 3 aliphatic rings. The Bertz CT molecular complexity index is 1710. The summed E-state index contributed by atoms with van der Waals surface area (Å²) in [5.74, 6) is 0.973. The van der Waals surface area contributed by atoms with Crippen LogP contribution in [0.5, 0.6) is 11.5 Å². The van der Waals surface area contributed by atoms with Crippen molar-refractivity contribution in [1.82, 2.24) is 10.2 Å². The zero-order chi connectivity index (χ0) is 33.1. The Morgan fingerprint density at radius 3 is 2.10 bits per heavy atom. The van der Waals surface area contributed by atoms with E-state index in [1.165, 1.54) is 11.1 Å². The van der Waals surface area contributed by atoms with Gasteiger partial charge in [-0.15, -0.1) is 12.4 Å². The predicted octanol–water partition coefficient (Wildman–Crippen LogP) is 7.03. The third kappa shape index (κ3) is 6.78. The highest BCUT2D eigenvalue weighted by Crippen LogP contribution is 2.50. The maximum atomic E-state index is 13.9. The molecule has 0 radical (unpaired) electrons. The number of amides is 2. The van der Waals surface area contributed by atoms with Gasteiger partial charge < -0.3 is 30.2 Å². The Morgan fingerprint density at radius 2 is 1.47 bits per heavy atom. The van der Waals surface area contributed by atoms with E-state index in [0.717, 1.165) is 46.6 Å². The number of rotatable bonds is 10. The molecule has 8 nitrogen and oxygen atoms in total. The van der Waals surface area contributed by atoms with Gasteiger partial charge in [-0.3, -0.25) is 4.79 Å². The van der Waals surface area contributed by atoms with Crippen molar-refractivity contribution in [2.75, 3.05) is 39.5 Å². The minimum Gasteiger partial charge on any atom is -0.457 e. The fourth-order valence-corrected chi connectivity index (χ4v) is 7.88. The Hall–Kier alpha value is -4.37. The molecular weight excluding hydrogens is 638 g/mol. The van der Waals surface area contributed by atoms with E-state index in [2.05, 4.69) is 41.7 Å². The van der Waals surface area contributed by atoms with Crippen LogP contribution in [0.25, 0.3) is 11.1 Å². The maximum absolute atomic E-state index is 13.9. The molecule has 0 aromatic heterocycles. The van der Waals surface area contributed by atoms with Crippen molar-refractivity contribution in [2.24, 2.45) is 11.7 Å². The molecule has 3 N–H and O–H groups in total. The molecule has 0 bridgehead atoms. The number of carbonyl (C=O) groups is 2. The highest BCUT2D eigenvalue weighted by atomic mass is 35.5. The van der Waals surface area contributed by atoms with Crippen LogP contribution in [0.4, 0.5) is 4.79 Å². The highest BCUT2D eigenvalue weighted by molar-refractivity contribution is 5.85.